The minimum absolute atomic E-state index is 0.0205. The molecule has 0 spiro atoms. The topological polar surface area (TPSA) is 49.2 Å². The first kappa shape index (κ1) is 15.1. The van der Waals surface area contributed by atoms with Crippen LogP contribution in [0, 0.1) is 5.92 Å². The first-order chi connectivity index (χ1) is 11.6. The minimum Gasteiger partial charge on any atom is -0.467 e. The highest BCUT2D eigenvalue weighted by Gasteiger charge is 2.21. The highest BCUT2D eigenvalue weighted by Crippen LogP contribution is 2.32. The maximum absolute atomic E-state index is 12.7. The molecular formula is C20H22N2O2. The first-order valence-electron chi connectivity index (χ1n) is 8.53. The van der Waals surface area contributed by atoms with Gasteiger partial charge in [-0.15, -0.1) is 0 Å². The second-order valence-corrected chi connectivity index (χ2v) is 6.93. The average Bonchev–Trinajstić information content (AvgIpc) is 3.21. The number of furan rings is 1. The number of nitrogens with one attached hydrogen (secondary N) is 1. The van der Waals surface area contributed by atoms with Crippen molar-refractivity contribution in [3.63, 3.8) is 0 Å². The summed E-state index contributed by atoms with van der Waals surface area (Å²) < 4.78 is 5.34. The molecule has 0 fully saturated rings. The Morgan fingerprint density at radius 1 is 1.38 bits per heavy atom. The molecule has 1 atom stereocenters. The molecule has 1 amide bonds. The van der Waals surface area contributed by atoms with Crippen LogP contribution in [0.5, 0.6) is 0 Å². The number of aryl methyl sites for hydroxylation is 1. The molecule has 0 saturated carbocycles. The fraction of sp³-hybridized carbons (Fsp3) is 0.350. The lowest BCUT2D eigenvalue weighted by Crippen LogP contribution is -2.25. The van der Waals surface area contributed by atoms with Gasteiger partial charge in [-0.3, -0.25) is 4.79 Å². The zero-order valence-electron chi connectivity index (χ0n) is 14.1. The minimum atomic E-state index is 0.0205. The molecule has 4 heteroatoms. The van der Waals surface area contributed by atoms with Crippen LogP contribution in [0.1, 0.15) is 40.7 Å². The monoisotopic (exact) mass is 322 g/mol. The summed E-state index contributed by atoms with van der Waals surface area (Å²) in [6.45, 7) is 2.78. The molecule has 0 bridgehead atoms. The summed E-state index contributed by atoms with van der Waals surface area (Å²) in [4.78, 5) is 18.0. The molecule has 4 nitrogen and oxygen atoms in total. The summed E-state index contributed by atoms with van der Waals surface area (Å²) in [5.41, 5.74) is 4.61. The lowest BCUT2D eigenvalue weighted by atomic mass is 9.87. The Balaban J connectivity index is 1.64. The molecule has 0 aliphatic heterocycles. The van der Waals surface area contributed by atoms with Gasteiger partial charge in [0, 0.05) is 29.2 Å². The van der Waals surface area contributed by atoms with Gasteiger partial charge < -0.3 is 14.3 Å². The standard InChI is InChI=1S/C20H22N2O2/c1-13-5-7-18-16(10-13)17-11-14(6-8-19(17)21-18)20(23)22(2)12-15-4-3-9-24-15/h3-4,6,8-9,11,13,21H,5,7,10,12H2,1-2H3. The van der Waals surface area contributed by atoms with Gasteiger partial charge in [0.05, 0.1) is 12.8 Å². The lowest BCUT2D eigenvalue weighted by molar-refractivity contribution is 0.0775. The van der Waals surface area contributed by atoms with E-state index in [4.69, 9.17) is 4.42 Å². The Morgan fingerprint density at radius 3 is 3.04 bits per heavy atom. The quantitative estimate of drug-likeness (QED) is 0.787. The summed E-state index contributed by atoms with van der Waals surface area (Å²) in [5.74, 6) is 1.52. The van der Waals surface area contributed by atoms with Crippen LogP contribution >= 0.6 is 0 Å². The number of hydrogen-bond donors (Lipinski definition) is 1. The summed E-state index contributed by atoms with van der Waals surface area (Å²) in [6.07, 6.45) is 5.06. The van der Waals surface area contributed by atoms with Crippen molar-refractivity contribution in [1.82, 2.24) is 9.88 Å². The molecule has 1 aromatic carbocycles. The predicted molar refractivity (Wildman–Crippen MR) is 94.0 cm³/mol. The molecule has 124 valence electrons. The highest BCUT2D eigenvalue weighted by molar-refractivity contribution is 5.99. The molecule has 24 heavy (non-hydrogen) atoms. The number of aromatic amines is 1. The molecule has 4 rings (SSSR count). The summed E-state index contributed by atoms with van der Waals surface area (Å²) in [5, 5.41) is 1.20. The normalized spacial score (nSPS) is 17.0. The smallest absolute Gasteiger partial charge is 0.254 e. The van der Waals surface area contributed by atoms with E-state index in [1.807, 2.05) is 37.4 Å². The van der Waals surface area contributed by atoms with Crippen molar-refractivity contribution in [2.75, 3.05) is 7.05 Å². The van der Waals surface area contributed by atoms with Crippen molar-refractivity contribution in [2.45, 2.75) is 32.7 Å². The van der Waals surface area contributed by atoms with E-state index in [0.29, 0.717) is 12.5 Å². The second kappa shape index (κ2) is 5.86. The van der Waals surface area contributed by atoms with E-state index in [2.05, 4.69) is 11.9 Å². The van der Waals surface area contributed by atoms with Crippen molar-refractivity contribution in [3.05, 3.63) is 59.2 Å². The molecule has 1 aliphatic carbocycles. The van der Waals surface area contributed by atoms with Crippen molar-refractivity contribution in [1.29, 1.82) is 0 Å². The number of rotatable bonds is 3. The average molecular weight is 322 g/mol. The lowest BCUT2D eigenvalue weighted by Gasteiger charge is -2.18. The number of benzene rings is 1. The number of amides is 1. The van der Waals surface area contributed by atoms with E-state index in [9.17, 15) is 4.79 Å². The van der Waals surface area contributed by atoms with Crippen LogP contribution in [-0.2, 0) is 19.4 Å². The molecule has 1 N–H and O–H groups in total. The van der Waals surface area contributed by atoms with Crippen LogP contribution in [0.2, 0.25) is 0 Å². The van der Waals surface area contributed by atoms with Gasteiger partial charge in [0.15, 0.2) is 0 Å². The van der Waals surface area contributed by atoms with Crippen molar-refractivity contribution in [2.24, 2.45) is 5.92 Å². The SMILES string of the molecule is CC1CCc2[nH]c3ccc(C(=O)N(C)Cc4ccco4)cc3c2C1. The Hall–Kier alpha value is -2.49. The molecule has 1 aliphatic rings. The Bertz CT molecular complexity index is 877. The van der Waals surface area contributed by atoms with Crippen molar-refractivity contribution >= 4 is 16.8 Å². The Labute approximate surface area is 141 Å². The number of aromatic nitrogens is 1. The number of hydrogen-bond acceptors (Lipinski definition) is 2. The number of nitrogens with zero attached hydrogens (tertiary/aromatic N) is 1. The first-order valence-corrected chi connectivity index (χ1v) is 8.53. The fourth-order valence-electron chi connectivity index (χ4n) is 3.65. The van der Waals surface area contributed by atoms with E-state index in [-0.39, 0.29) is 5.91 Å². The fourth-order valence-corrected chi connectivity index (χ4v) is 3.65. The summed E-state index contributed by atoms with van der Waals surface area (Å²) >= 11 is 0. The molecule has 2 heterocycles. The van der Waals surface area contributed by atoms with Gasteiger partial charge in [0.1, 0.15) is 5.76 Å². The van der Waals surface area contributed by atoms with Gasteiger partial charge in [-0.05, 0) is 61.1 Å². The van der Waals surface area contributed by atoms with Crippen LogP contribution in [-0.4, -0.2) is 22.8 Å². The molecule has 1 unspecified atom stereocenters. The Kier molecular flexibility index (Phi) is 3.68. The highest BCUT2D eigenvalue weighted by atomic mass is 16.3. The number of fused-ring (bicyclic) bond motifs is 3. The molecule has 3 aromatic rings. The third kappa shape index (κ3) is 2.62. The van der Waals surface area contributed by atoms with Crippen LogP contribution in [0.4, 0.5) is 0 Å². The predicted octanol–water partition coefficient (Wildman–Crippen LogP) is 4.16. The summed E-state index contributed by atoms with van der Waals surface area (Å²) in [6, 6.07) is 9.72. The van der Waals surface area contributed by atoms with Gasteiger partial charge in [-0.25, -0.2) is 0 Å². The number of carbonyl (C=O) groups excluding carboxylic acids is 1. The van der Waals surface area contributed by atoms with Gasteiger partial charge in [-0.2, -0.15) is 0 Å². The van der Waals surface area contributed by atoms with E-state index < -0.39 is 0 Å². The maximum Gasteiger partial charge on any atom is 0.254 e. The zero-order chi connectivity index (χ0) is 16.7. The molecule has 0 radical (unpaired) electrons. The van der Waals surface area contributed by atoms with Crippen LogP contribution in [0.25, 0.3) is 10.9 Å². The molecule has 0 saturated heterocycles. The van der Waals surface area contributed by atoms with Gasteiger partial charge in [0.2, 0.25) is 0 Å². The third-order valence-corrected chi connectivity index (χ3v) is 5.00. The summed E-state index contributed by atoms with van der Waals surface area (Å²) in [7, 11) is 1.81. The second-order valence-electron chi connectivity index (χ2n) is 6.93. The Morgan fingerprint density at radius 2 is 2.25 bits per heavy atom. The molecule has 2 aromatic heterocycles. The molecular weight excluding hydrogens is 300 g/mol. The van der Waals surface area contributed by atoms with E-state index in [1.165, 1.54) is 23.1 Å². The number of carbonyl (C=O) groups is 1. The largest absolute Gasteiger partial charge is 0.467 e. The van der Waals surface area contributed by atoms with Gasteiger partial charge in [0.25, 0.3) is 5.91 Å². The van der Waals surface area contributed by atoms with E-state index in [0.717, 1.165) is 29.7 Å². The van der Waals surface area contributed by atoms with Gasteiger partial charge in [-0.1, -0.05) is 6.92 Å². The third-order valence-electron chi connectivity index (χ3n) is 5.00. The van der Waals surface area contributed by atoms with E-state index in [1.54, 1.807) is 11.2 Å². The van der Waals surface area contributed by atoms with Crippen molar-refractivity contribution in [3.8, 4) is 0 Å². The van der Waals surface area contributed by atoms with E-state index >= 15 is 0 Å². The van der Waals surface area contributed by atoms with Gasteiger partial charge >= 0.3 is 0 Å². The van der Waals surface area contributed by atoms with Crippen LogP contribution < -0.4 is 0 Å². The van der Waals surface area contributed by atoms with Crippen LogP contribution in [0.15, 0.2) is 41.0 Å². The van der Waals surface area contributed by atoms with Crippen LogP contribution in [0.3, 0.4) is 0 Å². The maximum atomic E-state index is 12.7. The van der Waals surface area contributed by atoms with Crippen molar-refractivity contribution < 1.29 is 9.21 Å². The number of H-pyrrole nitrogens is 1. The zero-order valence-corrected chi connectivity index (χ0v) is 14.1.